The van der Waals surface area contributed by atoms with E-state index in [1.165, 1.54) is 0 Å². The van der Waals surface area contributed by atoms with E-state index in [2.05, 4.69) is 11.1 Å². The van der Waals surface area contributed by atoms with Crippen molar-refractivity contribution in [2.75, 3.05) is 0 Å². The second kappa shape index (κ2) is 2.94. The zero-order valence-electron chi connectivity index (χ0n) is 8.20. The Morgan fingerprint density at radius 3 is 2.73 bits per heavy atom. The third-order valence-corrected chi connectivity index (χ3v) is 3.29. The Kier molecular flexibility index (Phi) is 1.79. The van der Waals surface area contributed by atoms with Gasteiger partial charge >= 0.3 is 0 Å². The van der Waals surface area contributed by atoms with Gasteiger partial charge in [0.1, 0.15) is 5.15 Å². The molecule has 2 aromatic rings. The van der Waals surface area contributed by atoms with Crippen LogP contribution in [-0.4, -0.2) is 4.98 Å². The van der Waals surface area contributed by atoms with Gasteiger partial charge in [-0.3, -0.25) is 0 Å². The van der Waals surface area contributed by atoms with E-state index in [4.69, 9.17) is 17.3 Å². The van der Waals surface area contributed by atoms with Crippen molar-refractivity contribution >= 4 is 22.5 Å². The monoisotopic (exact) mass is 218 g/mol. The lowest BCUT2D eigenvalue weighted by molar-refractivity contribution is 0.737. The summed E-state index contributed by atoms with van der Waals surface area (Å²) in [6.07, 6.45) is 2.01. The lowest BCUT2D eigenvalue weighted by Crippen LogP contribution is -2.19. The van der Waals surface area contributed by atoms with Crippen LogP contribution in [0.15, 0.2) is 30.3 Å². The van der Waals surface area contributed by atoms with Crippen molar-refractivity contribution in [2.24, 2.45) is 5.73 Å². The average molecular weight is 219 g/mol. The van der Waals surface area contributed by atoms with Gasteiger partial charge in [0.25, 0.3) is 0 Å². The number of nitrogens with zero attached hydrogens (tertiary/aromatic N) is 1. The zero-order valence-corrected chi connectivity index (χ0v) is 8.96. The van der Waals surface area contributed by atoms with E-state index < -0.39 is 0 Å². The van der Waals surface area contributed by atoms with E-state index in [0.717, 1.165) is 29.3 Å². The Bertz CT molecular complexity index is 532. The number of hydrogen-bond donors (Lipinski definition) is 1. The first-order valence-electron chi connectivity index (χ1n) is 5.04. The first-order chi connectivity index (χ1) is 7.19. The Labute approximate surface area is 93.1 Å². The Morgan fingerprint density at radius 1 is 1.27 bits per heavy atom. The highest BCUT2D eigenvalue weighted by Crippen LogP contribution is 2.45. The van der Waals surface area contributed by atoms with Crippen LogP contribution < -0.4 is 5.73 Å². The van der Waals surface area contributed by atoms with Gasteiger partial charge < -0.3 is 5.73 Å². The number of benzene rings is 1. The van der Waals surface area contributed by atoms with Crippen molar-refractivity contribution in [1.82, 2.24) is 4.98 Å². The van der Waals surface area contributed by atoms with E-state index in [1.54, 1.807) is 0 Å². The maximum atomic E-state index is 6.14. The van der Waals surface area contributed by atoms with Crippen LogP contribution in [0, 0.1) is 0 Å². The number of halogens is 1. The fourth-order valence-corrected chi connectivity index (χ4v) is 2.18. The highest BCUT2D eigenvalue weighted by Gasteiger charge is 2.42. The van der Waals surface area contributed by atoms with Crippen molar-refractivity contribution in [3.8, 4) is 0 Å². The molecule has 3 rings (SSSR count). The molecule has 0 bridgehead atoms. The van der Waals surface area contributed by atoms with Crippen LogP contribution in [0.5, 0.6) is 0 Å². The standard InChI is InChI=1S/C12H11ClN2/c13-11-9(12(14)5-6-12)7-8-3-1-2-4-10(8)15-11/h1-4,7H,5-6,14H2. The summed E-state index contributed by atoms with van der Waals surface area (Å²) in [6, 6.07) is 10.0. The number of fused-ring (bicyclic) bond motifs is 1. The lowest BCUT2D eigenvalue weighted by Gasteiger charge is -2.11. The minimum Gasteiger partial charge on any atom is -0.321 e. The molecule has 1 aromatic heterocycles. The van der Waals surface area contributed by atoms with Crippen LogP contribution in [0.3, 0.4) is 0 Å². The maximum Gasteiger partial charge on any atom is 0.134 e. The smallest absolute Gasteiger partial charge is 0.134 e. The van der Waals surface area contributed by atoms with Gasteiger partial charge in [-0.25, -0.2) is 4.98 Å². The number of nitrogens with two attached hydrogens (primary N) is 1. The van der Waals surface area contributed by atoms with Gasteiger partial charge in [0.15, 0.2) is 0 Å². The molecule has 0 amide bonds. The van der Waals surface area contributed by atoms with Crippen LogP contribution in [0.4, 0.5) is 0 Å². The van der Waals surface area contributed by atoms with E-state index in [0.29, 0.717) is 5.15 Å². The van der Waals surface area contributed by atoms with Crippen molar-refractivity contribution in [1.29, 1.82) is 0 Å². The van der Waals surface area contributed by atoms with Crippen LogP contribution >= 0.6 is 11.6 Å². The average Bonchev–Trinajstić information content (AvgIpc) is 2.96. The molecule has 0 saturated heterocycles. The predicted molar refractivity (Wildman–Crippen MR) is 61.9 cm³/mol. The quantitative estimate of drug-likeness (QED) is 0.748. The molecule has 15 heavy (non-hydrogen) atoms. The number of para-hydroxylation sites is 1. The predicted octanol–water partition coefficient (Wildman–Crippen LogP) is 2.84. The summed E-state index contributed by atoms with van der Waals surface area (Å²) >= 11 is 6.14. The Balaban J connectivity index is 2.27. The first kappa shape index (κ1) is 9.13. The molecule has 0 atom stereocenters. The minimum atomic E-state index is -0.214. The number of pyridine rings is 1. The molecule has 2 nitrogen and oxygen atoms in total. The fraction of sp³-hybridized carbons (Fsp3) is 0.250. The largest absolute Gasteiger partial charge is 0.321 e. The van der Waals surface area contributed by atoms with Crippen molar-refractivity contribution < 1.29 is 0 Å². The summed E-state index contributed by atoms with van der Waals surface area (Å²) in [7, 11) is 0. The van der Waals surface area contributed by atoms with Gasteiger partial charge in [0.2, 0.25) is 0 Å². The Hall–Kier alpha value is -1.12. The summed E-state index contributed by atoms with van der Waals surface area (Å²) in [4.78, 5) is 4.37. The zero-order chi connectivity index (χ0) is 10.5. The van der Waals surface area contributed by atoms with Crippen molar-refractivity contribution in [3.05, 3.63) is 41.0 Å². The first-order valence-corrected chi connectivity index (χ1v) is 5.41. The summed E-state index contributed by atoms with van der Waals surface area (Å²) in [5.74, 6) is 0. The molecule has 1 fully saturated rings. The van der Waals surface area contributed by atoms with Gasteiger partial charge in [0.05, 0.1) is 5.52 Å². The molecule has 0 aliphatic heterocycles. The van der Waals surface area contributed by atoms with E-state index in [9.17, 15) is 0 Å². The molecule has 0 unspecified atom stereocenters. The minimum absolute atomic E-state index is 0.214. The topological polar surface area (TPSA) is 38.9 Å². The molecule has 2 N–H and O–H groups in total. The number of rotatable bonds is 1. The molecular weight excluding hydrogens is 208 g/mol. The van der Waals surface area contributed by atoms with Gasteiger partial charge in [-0.15, -0.1) is 0 Å². The molecule has 3 heteroatoms. The molecule has 1 aliphatic carbocycles. The van der Waals surface area contributed by atoms with E-state index in [-0.39, 0.29) is 5.54 Å². The van der Waals surface area contributed by atoms with Gasteiger partial charge in [-0.05, 0) is 25.0 Å². The van der Waals surface area contributed by atoms with Crippen molar-refractivity contribution in [3.63, 3.8) is 0 Å². The Morgan fingerprint density at radius 2 is 2.00 bits per heavy atom. The highest BCUT2D eigenvalue weighted by atomic mass is 35.5. The van der Waals surface area contributed by atoms with E-state index >= 15 is 0 Å². The molecule has 76 valence electrons. The number of aromatic nitrogens is 1. The van der Waals surface area contributed by atoms with Crippen LogP contribution in [0.1, 0.15) is 18.4 Å². The molecule has 0 radical (unpaired) electrons. The van der Waals surface area contributed by atoms with Gasteiger partial charge in [-0.2, -0.15) is 0 Å². The molecular formula is C12H11ClN2. The third kappa shape index (κ3) is 1.41. The second-order valence-electron chi connectivity index (χ2n) is 4.18. The molecule has 1 saturated carbocycles. The SMILES string of the molecule is NC1(c2cc3ccccc3nc2Cl)CC1. The second-order valence-corrected chi connectivity index (χ2v) is 4.53. The molecule has 1 aliphatic rings. The lowest BCUT2D eigenvalue weighted by atomic mass is 10.1. The maximum absolute atomic E-state index is 6.14. The molecule has 0 spiro atoms. The summed E-state index contributed by atoms with van der Waals surface area (Å²) in [6.45, 7) is 0. The van der Waals surface area contributed by atoms with Crippen LogP contribution in [-0.2, 0) is 5.54 Å². The highest BCUT2D eigenvalue weighted by molar-refractivity contribution is 6.30. The number of hydrogen-bond acceptors (Lipinski definition) is 2. The van der Waals surface area contributed by atoms with Gasteiger partial charge in [-0.1, -0.05) is 29.8 Å². The molecule has 1 aromatic carbocycles. The summed E-state index contributed by atoms with van der Waals surface area (Å²) in [5, 5.41) is 1.65. The summed E-state index contributed by atoms with van der Waals surface area (Å²) in [5.41, 5.74) is 7.84. The van der Waals surface area contributed by atoms with Crippen molar-refractivity contribution in [2.45, 2.75) is 18.4 Å². The van der Waals surface area contributed by atoms with Gasteiger partial charge in [0, 0.05) is 16.5 Å². The van der Waals surface area contributed by atoms with Crippen LogP contribution in [0.2, 0.25) is 5.15 Å². The fourth-order valence-electron chi connectivity index (χ4n) is 1.85. The normalized spacial score (nSPS) is 18.0. The van der Waals surface area contributed by atoms with E-state index in [1.807, 2.05) is 24.3 Å². The third-order valence-electron chi connectivity index (χ3n) is 3.00. The van der Waals surface area contributed by atoms with Crippen LogP contribution in [0.25, 0.3) is 10.9 Å². The summed E-state index contributed by atoms with van der Waals surface area (Å²) < 4.78 is 0. The molecule has 1 heterocycles.